The van der Waals surface area contributed by atoms with E-state index in [-0.39, 0.29) is 0 Å². The van der Waals surface area contributed by atoms with E-state index in [0.29, 0.717) is 0 Å². The van der Waals surface area contributed by atoms with Gasteiger partial charge in [0.25, 0.3) is 0 Å². The molecule has 0 bridgehead atoms. The average molecular weight is 283 g/mol. The Morgan fingerprint density at radius 2 is 2.00 bits per heavy atom. The van der Waals surface area contributed by atoms with Crippen molar-refractivity contribution < 1.29 is 0 Å². The molecule has 0 amide bonds. The van der Waals surface area contributed by atoms with Crippen LogP contribution < -0.4 is 0 Å². The zero-order valence-corrected chi connectivity index (χ0v) is 13.2. The lowest BCUT2D eigenvalue weighted by molar-refractivity contribution is 1.27. The van der Waals surface area contributed by atoms with E-state index in [4.69, 9.17) is 11.6 Å². The zero-order valence-electron chi connectivity index (χ0n) is 12.5. The minimum Gasteiger partial charge on any atom is -0.0823 e. The Balaban J connectivity index is 2.39. The number of hydrogen-bond acceptors (Lipinski definition) is 0. The minimum absolute atomic E-state index is 0.788. The Hall–Kier alpha value is -1.71. The maximum Gasteiger partial charge on any atom is 0.0640 e. The summed E-state index contributed by atoms with van der Waals surface area (Å²) in [6.07, 6.45) is 9.33. The molecule has 0 saturated carbocycles. The molecule has 0 aliphatic heterocycles. The van der Waals surface area contributed by atoms with Crippen molar-refractivity contribution in [2.24, 2.45) is 0 Å². The first-order valence-corrected chi connectivity index (χ1v) is 7.19. The van der Waals surface area contributed by atoms with Crippen molar-refractivity contribution in [3.8, 4) is 11.8 Å². The highest BCUT2D eigenvalue weighted by Gasteiger charge is 2.14. The highest BCUT2D eigenvalue weighted by atomic mass is 35.5. The SMILES string of the molecule is CC(C)=C/C=C(\C)C#Cc1c(C)cc2c(c1Cl)C=CC2. The molecular formula is C19H19Cl. The van der Waals surface area contributed by atoms with Gasteiger partial charge in [-0.1, -0.05) is 59.4 Å². The number of aryl methyl sites for hydroxylation is 1. The van der Waals surface area contributed by atoms with Crippen LogP contribution in [0.25, 0.3) is 6.08 Å². The van der Waals surface area contributed by atoms with Crippen LogP contribution in [0, 0.1) is 18.8 Å². The fourth-order valence-corrected chi connectivity index (χ4v) is 2.54. The van der Waals surface area contributed by atoms with E-state index >= 15 is 0 Å². The van der Waals surface area contributed by atoms with Gasteiger partial charge in [-0.2, -0.15) is 0 Å². The first-order valence-electron chi connectivity index (χ1n) is 6.81. The molecule has 0 heterocycles. The molecule has 0 spiro atoms. The van der Waals surface area contributed by atoms with Gasteiger partial charge in [-0.15, -0.1) is 0 Å². The molecule has 20 heavy (non-hydrogen) atoms. The summed E-state index contributed by atoms with van der Waals surface area (Å²) in [7, 11) is 0. The molecule has 0 radical (unpaired) electrons. The van der Waals surface area contributed by atoms with Crippen molar-refractivity contribution in [2.45, 2.75) is 34.1 Å². The molecule has 0 unspecified atom stereocenters. The molecule has 0 atom stereocenters. The summed E-state index contributed by atoms with van der Waals surface area (Å²) >= 11 is 6.49. The molecular weight excluding hydrogens is 264 g/mol. The predicted molar refractivity (Wildman–Crippen MR) is 89.0 cm³/mol. The van der Waals surface area contributed by atoms with Crippen LogP contribution in [0.15, 0.2) is 35.4 Å². The maximum atomic E-state index is 6.49. The molecule has 1 aliphatic rings. The fourth-order valence-electron chi connectivity index (χ4n) is 2.16. The number of halogens is 1. The molecule has 1 aromatic rings. The Morgan fingerprint density at radius 3 is 2.70 bits per heavy atom. The van der Waals surface area contributed by atoms with E-state index in [1.807, 2.05) is 13.0 Å². The molecule has 0 aromatic heterocycles. The normalized spacial score (nSPS) is 12.8. The minimum atomic E-state index is 0.788. The van der Waals surface area contributed by atoms with E-state index in [1.54, 1.807) is 0 Å². The number of rotatable bonds is 1. The van der Waals surface area contributed by atoms with Crippen LogP contribution in [-0.2, 0) is 6.42 Å². The zero-order chi connectivity index (χ0) is 14.7. The number of benzene rings is 1. The predicted octanol–water partition coefficient (Wildman–Crippen LogP) is 5.48. The van der Waals surface area contributed by atoms with Gasteiger partial charge in [0.15, 0.2) is 0 Å². The van der Waals surface area contributed by atoms with E-state index in [0.717, 1.165) is 33.7 Å². The summed E-state index contributed by atoms with van der Waals surface area (Å²) in [6.45, 7) is 8.24. The van der Waals surface area contributed by atoms with Crippen molar-refractivity contribution in [1.82, 2.24) is 0 Å². The molecule has 1 aliphatic carbocycles. The summed E-state index contributed by atoms with van der Waals surface area (Å²) in [4.78, 5) is 0. The van der Waals surface area contributed by atoms with Crippen molar-refractivity contribution >= 4 is 17.7 Å². The lowest BCUT2D eigenvalue weighted by atomic mass is 10.0. The second-order valence-corrected chi connectivity index (χ2v) is 5.78. The Kier molecular flexibility index (Phi) is 4.53. The summed E-state index contributed by atoms with van der Waals surface area (Å²) in [5.74, 6) is 6.41. The topological polar surface area (TPSA) is 0 Å². The summed E-state index contributed by atoms with van der Waals surface area (Å²) in [6, 6.07) is 2.19. The molecule has 1 aromatic carbocycles. The van der Waals surface area contributed by atoms with Gasteiger partial charge in [-0.05, 0) is 56.4 Å². The fraction of sp³-hybridized carbons (Fsp3) is 0.263. The molecule has 1 heteroatoms. The van der Waals surface area contributed by atoms with Gasteiger partial charge in [0, 0.05) is 5.56 Å². The van der Waals surface area contributed by atoms with Crippen LogP contribution in [0.3, 0.4) is 0 Å². The van der Waals surface area contributed by atoms with Crippen LogP contribution >= 0.6 is 11.6 Å². The Labute approximate surface area is 126 Å². The monoisotopic (exact) mass is 282 g/mol. The maximum absolute atomic E-state index is 6.49. The third kappa shape index (κ3) is 3.24. The van der Waals surface area contributed by atoms with Gasteiger partial charge in [0.2, 0.25) is 0 Å². The van der Waals surface area contributed by atoms with Crippen molar-refractivity contribution in [2.75, 3.05) is 0 Å². The van der Waals surface area contributed by atoms with E-state index < -0.39 is 0 Å². The van der Waals surface area contributed by atoms with Crippen LogP contribution in [0.4, 0.5) is 0 Å². The van der Waals surface area contributed by atoms with Crippen LogP contribution in [0.5, 0.6) is 0 Å². The first-order chi connectivity index (χ1) is 9.49. The molecule has 2 rings (SSSR count). The van der Waals surface area contributed by atoms with Gasteiger partial charge < -0.3 is 0 Å². The lowest BCUT2D eigenvalue weighted by Crippen LogP contribution is -1.92. The quantitative estimate of drug-likeness (QED) is 0.472. The Bertz CT molecular complexity index is 685. The van der Waals surface area contributed by atoms with Crippen molar-refractivity contribution in [3.63, 3.8) is 0 Å². The van der Waals surface area contributed by atoms with Gasteiger partial charge >= 0.3 is 0 Å². The van der Waals surface area contributed by atoms with Gasteiger partial charge in [0.05, 0.1) is 5.02 Å². The third-order valence-electron chi connectivity index (χ3n) is 3.26. The summed E-state index contributed by atoms with van der Waals surface area (Å²) in [5.41, 5.74) is 6.84. The van der Waals surface area contributed by atoms with E-state index in [9.17, 15) is 0 Å². The Morgan fingerprint density at radius 1 is 1.25 bits per heavy atom. The van der Waals surface area contributed by atoms with Crippen molar-refractivity contribution in [3.05, 3.63) is 62.7 Å². The number of fused-ring (bicyclic) bond motifs is 1. The standard InChI is InChI=1S/C19H19Cl/c1-13(2)8-9-14(3)10-11-17-15(4)12-16-6-5-7-18(16)19(17)20/h5,7-9,12H,6H2,1-4H3/b14-9+. The smallest absolute Gasteiger partial charge is 0.0640 e. The molecule has 0 nitrogen and oxygen atoms in total. The van der Waals surface area contributed by atoms with Crippen LogP contribution in [0.1, 0.15) is 43.0 Å². The van der Waals surface area contributed by atoms with Gasteiger partial charge in [-0.25, -0.2) is 0 Å². The molecule has 0 fully saturated rings. The highest BCUT2D eigenvalue weighted by Crippen LogP contribution is 2.32. The first kappa shape index (κ1) is 14.7. The van der Waals surface area contributed by atoms with Crippen LogP contribution in [-0.4, -0.2) is 0 Å². The third-order valence-corrected chi connectivity index (χ3v) is 3.65. The van der Waals surface area contributed by atoms with Gasteiger partial charge in [0.1, 0.15) is 0 Å². The summed E-state index contributed by atoms with van der Waals surface area (Å²) < 4.78 is 0. The number of allylic oxidation sites excluding steroid dienone is 5. The molecule has 0 saturated heterocycles. The summed E-state index contributed by atoms with van der Waals surface area (Å²) in [5, 5.41) is 0.788. The lowest BCUT2D eigenvalue weighted by Gasteiger charge is -2.07. The second kappa shape index (κ2) is 6.16. The molecule has 102 valence electrons. The van der Waals surface area contributed by atoms with Crippen LogP contribution in [0.2, 0.25) is 5.02 Å². The highest BCUT2D eigenvalue weighted by molar-refractivity contribution is 6.33. The number of hydrogen-bond donors (Lipinski definition) is 0. The average Bonchev–Trinajstić information content (AvgIpc) is 2.84. The second-order valence-electron chi connectivity index (χ2n) is 5.41. The van der Waals surface area contributed by atoms with Gasteiger partial charge in [-0.3, -0.25) is 0 Å². The van der Waals surface area contributed by atoms with E-state index in [2.05, 4.69) is 56.9 Å². The van der Waals surface area contributed by atoms with E-state index in [1.165, 1.54) is 11.1 Å². The molecule has 0 N–H and O–H groups in total. The largest absolute Gasteiger partial charge is 0.0823 e. The van der Waals surface area contributed by atoms with Crippen molar-refractivity contribution in [1.29, 1.82) is 0 Å².